The number of hydrogen-bond acceptors (Lipinski definition) is 2. The van der Waals surface area contributed by atoms with Crippen LogP contribution in [0.25, 0.3) is 0 Å². The van der Waals surface area contributed by atoms with Crippen molar-refractivity contribution in [1.82, 2.24) is 9.88 Å². The van der Waals surface area contributed by atoms with E-state index in [0.29, 0.717) is 28.1 Å². The quantitative estimate of drug-likeness (QED) is 0.789. The summed E-state index contributed by atoms with van der Waals surface area (Å²) in [7, 11) is 0. The van der Waals surface area contributed by atoms with Crippen molar-refractivity contribution in [2.75, 3.05) is 6.54 Å². The molecule has 0 saturated carbocycles. The van der Waals surface area contributed by atoms with Crippen molar-refractivity contribution in [2.45, 2.75) is 13.5 Å². The van der Waals surface area contributed by atoms with Gasteiger partial charge in [-0.15, -0.1) is 0 Å². The van der Waals surface area contributed by atoms with Crippen LogP contribution >= 0.6 is 27.5 Å². The molecule has 2 heterocycles. The van der Waals surface area contributed by atoms with Gasteiger partial charge in [-0.3, -0.25) is 9.78 Å². The fourth-order valence-corrected chi connectivity index (χ4v) is 2.04. The fourth-order valence-electron chi connectivity index (χ4n) is 1.51. The third-order valence-electron chi connectivity index (χ3n) is 2.27. The maximum atomic E-state index is 11.8. The molecule has 0 aromatic carbocycles. The van der Waals surface area contributed by atoms with E-state index in [0.717, 1.165) is 5.69 Å². The zero-order valence-corrected chi connectivity index (χ0v) is 9.89. The second kappa shape index (κ2) is 3.51. The van der Waals surface area contributed by atoms with Crippen LogP contribution < -0.4 is 0 Å². The number of amides is 1. The van der Waals surface area contributed by atoms with Crippen LogP contribution in [0.4, 0.5) is 0 Å². The molecule has 1 aliphatic heterocycles. The molecule has 2 rings (SSSR count). The minimum Gasteiger partial charge on any atom is -0.333 e. The van der Waals surface area contributed by atoms with Crippen molar-refractivity contribution >= 4 is 33.4 Å². The summed E-state index contributed by atoms with van der Waals surface area (Å²) in [5.41, 5.74) is 1.31. The van der Waals surface area contributed by atoms with Crippen LogP contribution in [0.1, 0.15) is 23.0 Å². The van der Waals surface area contributed by atoms with Crippen molar-refractivity contribution < 1.29 is 4.79 Å². The lowest BCUT2D eigenvalue weighted by Crippen LogP contribution is -2.23. The molecule has 0 spiro atoms. The normalized spacial score (nSPS) is 14.8. The summed E-state index contributed by atoms with van der Waals surface area (Å²) in [5, 5.41) is 0.468. The van der Waals surface area contributed by atoms with E-state index in [4.69, 9.17) is 11.6 Å². The van der Waals surface area contributed by atoms with E-state index in [9.17, 15) is 4.79 Å². The fraction of sp³-hybridized carbons (Fsp3) is 0.333. The summed E-state index contributed by atoms with van der Waals surface area (Å²) in [5.74, 6) is -0.0266. The van der Waals surface area contributed by atoms with E-state index in [1.54, 1.807) is 11.1 Å². The SMILES string of the molecule is CCN1Cc2ncc(Br)c(Cl)c2C1=O. The highest BCUT2D eigenvalue weighted by atomic mass is 79.9. The molecular weight excluding hydrogens is 267 g/mol. The van der Waals surface area contributed by atoms with E-state index in [1.165, 1.54) is 0 Å². The van der Waals surface area contributed by atoms with E-state index >= 15 is 0 Å². The largest absolute Gasteiger partial charge is 0.333 e. The molecule has 5 heteroatoms. The maximum absolute atomic E-state index is 11.8. The van der Waals surface area contributed by atoms with Gasteiger partial charge in [-0.05, 0) is 22.9 Å². The number of pyridine rings is 1. The monoisotopic (exact) mass is 274 g/mol. The Kier molecular flexibility index (Phi) is 2.49. The Labute approximate surface area is 95.2 Å². The lowest BCUT2D eigenvalue weighted by atomic mass is 10.2. The van der Waals surface area contributed by atoms with Gasteiger partial charge in [0.15, 0.2) is 0 Å². The zero-order chi connectivity index (χ0) is 10.3. The molecule has 0 N–H and O–H groups in total. The topological polar surface area (TPSA) is 33.2 Å². The Balaban J connectivity index is 2.55. The van der Waals surface area contributed by atoms with Gasteiger partial charge in [0.05, 0.1) is 27.3 Å². The molecule has 0 radical (unpaired) electrons. The molecule has 74 valence electrons. The number of carbonyl (C=O) groups excluding carboxylic acids is 1. The average molecular weight is 276 g/mol. The standard InChI is InChI=1S/C9H8BrClN2O/c1-2-13-4-6-7(9(13)14)8(11)5(10)3-12-6/h3H,2,4H2,1H3. The predicted octanol–water partition coefficient (Wildman–Crippen LogP) is 2.47. The molecule has 3 nitrogen and oxygen atoms in total. The van der Waals surface area contributed by atoms with Crippen molar-refractivity contribution in [3.05, 3.63) is 26.9 Å². The predicted molar refractivity (Wildman–Crippen MR) is 57.4 cm³/mol. The van der Waals surface area contributed by atoms with Gasteiger partial charge in [-0.1, -0.05) is 11.6 Å². The number of hydrogen-bond donors (Lipinski definition) is 0. The molecule has 0 saturated heterocycles. The van der Waals surface area contributed by atoms with Crippen molar-refractivity contribution in [1.29, 1.82) is 0 Å². The van der Waals surface area contributed by atoms with E-state index in [-0.39, 0.29) is 5.91 Å². The minimum atomic E-state index is -0.0266. The number of nitrogens with zero attached hydrogens (tertiary/aromatic N) is 2. The van der Waals surface area contributed by atoms with Gasteiger partial charge in [-0.25, -0.2) is 0 Å². The first-order valence-electron chi connectivity index (χ1n) is 4.27. The van der Waals surface area contributed by atoms with Crippen molar-refractivity contribution in [3.8, 4) is 0 Å². The summed E-state index contributed by atoms with van der Waals surface area (Å²) in [6, 6.07) is 0. The number of aromatic nitrogens is 1. The number of carbonyl (C=O) groups is 1. The second-order valence-electron chi connectivity index (χ2n) is 3.06. The van der Waals surface area contributed by atoms with Crippen LogP contribution in [0.15, 0.2) is 10.7 Å². The Morgan fingerprint density at radius 2 is 2.43 bits per heavy atom. The molecular formula is C9H8BrClN2O. The number of halogens is 2. The van der Waals surface area contributed by atoms with Gasteiger partial charge < -0.3 is 4.90 Å². The van der Waals surface area contributed by atoms with Gasteiger partial charge >= 0.3 is 0 Å². The van der Waals surface area contributed by atoms with Crippen LogP contribution in [-0.2, 0) is 6.54 Å². The third-order valence-corrected chi connectivity index (χ3v) is 3.50. The van der Waals surface area contributed by atoms with Gasteiger partial charge in [-0.2, -0.15) is 0 Å². The maximum Gasteiger partial charge on any atom is 0.257 e. The summed E-state index contributed by atoms with van der Waals surface area (Å²) >= 11 is 9.27. The molecule has 0 atom stereocenters. The average Bonchev–Trinajstić information content (AvgIpc) is 2.50. The van der Waals surface area contributed by atoms with Crippen LogP contribution in [0.5, 0.6) is 0 Å². The molecule has 0 bridgehead atoms. The molecule has 0 aliphatic carbocycles. The molecule has 1 amide bonds. The summed E-state index contributed by atoms with van der Waals surface area (Å²) in [6.07, 6.45) is 1.63. The lowest BCUT2D eigenvalue weighted by molar-refractivity contribution is 0.0787. The molecule has 1 aliphatic rings. The minimum absolute atomic E-state index is 0.0266. The van der Waals surface area contributed by atoms with Gasteiger partial charge in [0.25, 0.3) is 5.91 Å². The van der Waals surface area contributed by atoms with Gasteiger partial charge in [0, 0.05) is 12.7 Å². The highest BCUT2D eigenvalue weighted by Gasteiger charge is 2.30. The van der Waals surface area contributed by atoms with Crippen molar-refractivity contribution in [2.24, 2.45) is 0 Å². The molecule has 14 heavy (non-hydrogen) atoms. The first kappa shape index (κ1) is 9.93. The van der Waals surface area contributed by atoms with Crippen LogP contribution in [0.2, 0.25) is 5.02 Å². The molecule has 1 aromatic rings. The summed E-state index contributed by atoms with van der Waals surface area (Å²) in [4.78, 5) is 17.7. The smallest absolute Gasteiger partial charge is 0.257 e. The van der Waals surface area contributed by atoms with Crippen LogP contribution in [0, 0.1) is 0 Å². The van der Waals surface area contributed by atoms with Gasteiger partial charge in [0.2, 0.25) is 0 Å². The molecule has 0 unspecified atom stereocenters. The van der Waals surface area contributed by atoms with E-state index < -0.39 is 0 Å². The number of rotatable bonds is 1. The Bertz CT molecular complexity index is 408. The lowest BCUT2D eigenvalue weighted by Gasteiger charge is -2.10. The Morgan fingerprint density at radius 3 is 3.07 bits per heavy atom. The summed E-state index contributed by atoms with van der Waals surface area (Å²) in [6.45, 7) is 3.19. The van der Waals surface area contributed by atoms with E-state index in [1.807, 2.05) is 6.92 Å². The summed E-state index contributed by atoms with van der Waals surface area (Å²) < 4.78 is 0.671. The van der Waals surface area contributed by atoms with Gasteiger partial charge in [0.1, 0.15) is 0 Å². The Morgan fingerprint density at radius 1 is 1.71 bits per heavy atom. The van der Waals surface area contributed by atoms with Crippen molar-refractivity contribution in [3.63, 3.8) is 0 Å². The molecule has 1 aromatic heterocycles. The highest BCUT2D eigenvalue weighted by molar-refractivity contribution is 9.10. The third kappa shape index (κ3) is 1.33. The van der Waals surface area contributed by atoms with Crippen LogP contribution in [-0.4, -0.2) is 22.3 Å². The number of fused-ring (bicyclic) bond motifs is 1. The highest BCUT2D eigenvalue weighted by Crippen LogP contribution is 2.32. The first-order chi connectivity index (χ1) is 6.65. The Hall–Kier alpha value is -0.610. The molecule has 0 fully saturated rings. The second-order valence-corrected chi connectivity index (χ2v) is 4.29. The first-order valence-corrected chi connectivity index (χ1v) is 5.44. The van der Waals surface area contributed by atoms with Crippen LogP contribution in [0.3, 0.4) is 0 Å². The zero-order valence-electron chi connectivity index (χ0n) is 7.55. The van der Waals surface area contributed by atoms with E-state index in [2.05, 4.69) is 20.9 Å².